The first-order valence-electron chi connectivity index (χ1n) is 5.38. The average Bonchev–Trinajstić information content (AvgIpc) is 2.55. The Morgan fingerprint density at radius 2 is 2.06 bits per heavy atom. The second-order valence-corrected chi connectivity index (χ2v) is 4.88. The topological polar surface area (TPSA) is 43.8 Å². The van der Waals surface area contributed by atoms with Crippen molar-refractivity contribution in [3.05, 3.63) is 28.9 Å². The lowest BCUT2D eigenvalue weighted by molar-refractivity contribution is 0.499. The van der Waals surface area contributed by atoms with Gasteiger partial charge in [-0.2, -0.15) is 5.10 Å². The highest BCUT2D eigenvalue weighted by Gasteiger charge is 2.18. The van der Waals surface area contributed by atoms with E-state index in [-0.39, 0.29) is 6.04 Å². The van der Waals surface area contributed by atoms with Crippen molar-refractivity contribution >= 4 is 22.5 Å². The van der Waals surface area contributed by atoms with Gasteiger partial charge in [-0.15, -0.1) is 0 Å². The van der Waals surface area contributed by atoms with Gasteiger partial charge >= 0.3 is 0 Å². The monoisotopic (exact) mass is 237 g/mol. The molecule has 0 fully saturated rings. The van der Waals surface area contributed by atoms with Crippen LogP contribution >= 0.6 is 11.6 Å². The molecule has 86 valence electrons. The standard InChI is InChI=1S/C12H16ClN3/c1-7(2)11(14)12-9-5-4-8(13)6-10(9)16(3)15-12/h4-7,11H,14H2,1-3H3. The third-order valence-corrected chi connectivity index (χ3v) is 3.11. The molecular formula is C12H16ClN3. The van der Waals surface area contributed by atoms with Crippen molar-refractivity contribution in [2.75, 3.05) is 0 Å². The predicted octanol–water partition coefficient (Wildman–Crippen LogP) is 2.88. The summed E-state index contributed by atoms with van der Waals surface area (Å²) in [6.45, 7) is 4.20. The van der Waals surface area contributed by atoms with Crippen molar-refractivity contribution in [1.82, 2.24) is 9.78 Å². The molecule has 0 aliphatic heterocycles. The number of rotatable bonds is 2. The minimum atomic E-state index is -0.0372. The van der Waals surface area contributed by atoms with E-state index in [0.29, 0.717) is 5.92 Å². The second kappa shape index (κ2) is 4.07. The highest BCUT2D eigenvalue weighted by Crippen LogP contribution is 2.27. The van der Waals surface area contributed by atoms with Crippen LogP contribution < -0.4 is 5.73 Å². The lowest BCUT2D eigenvalue weighted by atomic mass is 9.99. The average molecular weight is 238 g/mol. The number of benzene rings is 1. The minimum Gasteiger partial charge on any atom is -0.322 e. The van der Waals surface area contributed by atoms with E-state index in [2.05, 4.69) is 18.9 Å². The van der Waals surface area contributed by atoms with Crippen LogP contribution in [0.3, 0.4) is 0 Å². The van der Waals surface area contributed by atoms with E-state index in [9.17, 15) is 0 Å². The van der Waals surface area contributed by atoms with Crippen molar-refractivity contribution in [3.63, 3.8) is 0 Å². The fourth-order valence-electron chi connectivity index (χ4n) is 1.82. The van der Waals surface area contributed by atoms with Crippen LogP contribution in [-0.4, -0.2) is 9.78 Å². The third kappa shape index (κ3) is 1.81. The number of hydrogen-bond donors (Lipinski definition) is 1. The number of nitrogens with zero attached hydrogens (tertiary/aromatic N) is 2. The van der Waals surface area contributed by atoms with E-state index in [1.165, 1.54) is 0 Å². The van der Waals surface area contributed by atoms with E-state index in [1.807, 2.05) is 29.9 Å². The smallest absolute Gasteiger partial charge is 0.0872 e. The first-order valence-corrected chi connectivity index (χ1v) is 5.76. The molecule has 0 aliphatic rings. The molecule has 2 aromatic rings. The Labute approximate surface area is 100 Å². The fourth-order valence-corrected chi connectivity index (χ4v) is 1.99. The van der Waals surface area contributed by atoms with Gasteiger partial charge in [-0.25, -0.2) is 0 Å². The van der Waals surface area contributed by atoms with E-state index >= 15 is 0 Å². The molecule has 1 aromatic carbocycles. The summed E-state index contributed by atoms with van der Waals surface area (Å²) < 4.78 is 1.83. The van der Waals surface area contributed by atoms with Crippen molar-refractivity contribution in [2.45, 2.75) is 19.9 Å². The molecule has 3 nitrogen and oxygen atoms in total. The molecule has 0 radical (unpaired) electrons. The highest BCUT2D eigenvalue weighted by atomic mass is 35.5. The molecule has 0 bridgehead atoms. The number of halogens is 1. The minimum absolute atomic E-state index is 0.0372. The van der Waals surface area contributed by atoms with Gasteiger partial charge < -0.3 is 5.73 Å². The third-order valence-electron chi connectivity index (χ3n) is 2.88. The molecule has 1 aromatic heterocycles. The number of aryl methyl sites for hydroxylation is 1. The van der Waals surface area contributed by atoms with Crippen LogP contribution in [0, 0.1) is 5.92 Å². The van der Waals surface area contributed by atoms with Gasteiger partial charge in [0.1, 0.15) is 0 Å². The van der Waals surface area contributed by atoms with Crippen LogP contribution in [0.5, 0.6) is 0 Å². The van der Waals surface area contributed by atoms with Gasteiger partial charge in [0, 0.05) is 17.5 Å². The number of hydrogen-bond acceptors (Lipinski definition) is 2. The predicted molar refractivity (Wildman–Crippen MR) is 67.5 cm³/mol. The number of fused-ring (bicyclic) bond motifs is 1. The van der Waals surface area contributed by atoms with Gasteiger partial charge in [0.15, 0.2) is 0 Å². The van der Waals surface area contributed by atoms with Crippen LogP contribution in [0.4, 0.5) is 0 Å². The molecule has 0 aliphatic carbocycles. The Morgan fingerprint density at radius 1 is 1.38 bits per heavy atom. The van der Waals surface area contributed by atoms with E-state index in [0.717, 1.165) is 21.6 Å². The summed E-state index contributed by atoms with van der Waals surface area (Å²) >= 11 is 5.97. The van der Waals surface area contributed by atoms with Gasteiger partial charge in [-0.1, -0.05) is 25.4 Å². The van der Waals surface area contributed by atoms with E-state index in [1.54, 1.807) is 0 Å². The zero-order chi connectivity index (χ0) is 11.9. The van der Waals surface area contributed by atoms with Gasteiger partial charge in [-0.05, 0) is 24.1 Å². The Bertz CT molecular complexity index is 516. The molecular weight excluding hydrogens is 222 g/mol. The molecule has 0 amide bonds. The summed E-state index contributed by atoms with van der Waals surface area (Å²) in [7, 11) is 1.91. The zero-order valence-electron chi connectivity index (χ0n) is 9.74. The first kappa shape index (κ1) is 11.4. The van der Waals surface area contributed by atoms with Crippen LogP contribution in [0.15, 0.2) is 18.2 Å². The van der Waals surface area contributed by atoms with Crippen molar-refractivity contribution in [3.8, 4) is 0 Å². The van der Waals surface area contributed by atoms with Crippen molar-refractivity contribution < 1.29 is 0 Å². The maximum absolute atomic E-state index is 6.15. The lowest BCUT2D eigenvalue weighted by Crippen LogP contribution is -2.17. The maximum Gasteiger partial charge on any atom is 0.0872 e. The quantitative estimate of drug-likeness (QED) is 0.873. The van der Waals surface area contributed by atoms with Crippen LogP contribution in [-0.2, 0) is 7.05 Å². The van der Waals surface area contributed by atoms with Crippen LogP contribution in [0.2, 0.25) is 5.02 Å². The molecule has 1 heterocycles. The summed E-state index contributed by atoms with van der Waals surface area (Å²) in [6.07, 6.45) is 0. The molecule has 16 heavy (non-hydrogen) atoms. The molecule has 0 saturated carbocycles. The Morgan fingerprint density at radius 3 is 2.69 bits per heavy atom. The summed E-state index contributed by atoms with van der Waals surface area (Å²) in [5, 5.41) is 6.30. The number of nitrogens with two attached hydrogens (primary N) is 1. The lowest BCUT2D eigenvalue weighted by Gasteiger charge is -2.12. The van der Waals surface area contributed by atoms with Gasteiger partial charge in [-0.3, -0.25) is 4.68 Å². The summed E-state index contributed by atoms with van der Waals surface area (Å²) in [4.78, 5) is 0. The SMILES string of the molecule is CC(C)C(N)c1nn(C)c2cc(Cl)ccc12. The maximum atomic E-state index is 6.15. The Kier molecular flexibility index (Phi) is 2.91. The van der Waals surface area contributed by atoms with E-state index in [4.69, 9.17) is 17.3 Å². The highest BCUT2D eigenvalue weighted by molar-refractivity contribution is 6.31. The molecule has 1 unspecified atom stereocenters. The summed E-state index contributed by atoms with van der Waals surface area (Å²) in [6, 6.07) is 5.75. The number of aromatic nitrogens is 2. The zero-order valence-corrected chi connectivity index (χ0v) is 10.5. The van der Waals surface area contributed by atoms with Gasteiger partial charge in [0.25, 0.3) is 0 Å². The summed E-state index contributed by atoms with van der Waals surface area (Å²) in [5.74, 6) is 0.369. The summed E-state index contributed by atoms with van der Waals surface area (Å²) in [5.41, 5.74) is 8.12. The second-order valence-electron chi connectivity index (χ2n) is 4.44. The molecule has 1 atom stereocenters. The molecule has 2 rings (SSSR count). The molecule has 4 heteroatoms. The molecule has 2 N–H and O–H groups in total. The largest absolute Gasteiger partial charge is 0.322 e. The Balaban J connectivity index is 2.64. The van der Waals surface area contributed by atoms with Gasteiger partial charge in [0.2, 0.25) is 0 Å². The van der Waals surface area contributed by atoms with Crippen LogP contribution in [0.1, 0.15) is 25.6 Å². The van der Waals surface area contributed by atoms with Crippen molar-refractivity contribution in [2.24, 2.45) is 18.7 Å². The van der Waals surface area contributed by atoms with Gasteiger partial charge in [0.05, 0.1) is 17.3 Å². The normalized spacial score (nSPS) is 13.6. The van der Waals surface area contributed by atoms with Crippen LogP contribution in [0.25, 0.3) is 10.9 Å². The molecule has 0 saturated heterocycles. The van der Waals surface area contributed by atoms with Crippen molar-refractivity contribution in [1.29, 1.82) is 0 Å². The first-order chi connectivity index (χ1) is 7.50. The molecule has 0 spiro atoms. The fraction of sp³-hybridized carbons (Fsp3) is 0.417. The Hall–Kier alpha value is -1.06. The van der Waals surface area contributed by atoms with E-state index < -0.39 is 0 Å².